The summed E-state index contributed by atoms with van der Waals surface area (Å²) in [5.41, 5.74) is 0.226. The van der Waals surface area contributed by atoms with Crippen molar-refractivity contribution in [2.75, 3.05) is 14.2 Å². The molecular formula is C12H12FN3O2. The van der Waals surface area contributed by atoms with E-state index in [9.17, 15) is 9.18 Å². The molecule has 1 aromatic carbocycles. The first-order valence-corrected chi connectivity index (χ1v) is 5.05. The highest BCUT2D eigenvalue weighted by molar-refractivity contribution is 5.80. The highest BCUT2D eigenvalue weighted by Crippen LogP contribution is 2.23. The predicted octanol–water partition coefficient (Wildman–Crippen LogP) is 1.45. The van der Waals surface area contributed by atoms with Gasteiger partial charge in [-0.1, -0.05) is 6.07 Å². The molecule has 0 aromatic heterocycles. The molecule has 0 saturated carbocycles. The van der Waals surface area contributed by atoms with Crippen molar-refractivity contribution in [1.82, 2.24) is 4.90 Å². The van der Waals surface area contributed by atoms with Crippen LogP contribution in [0.3, 0.4) is 0 Å². The van der Waals surface area contributed by atoms with Gasteiger partial charge in [-0.25, -0.2) is 9.18 Å². The lowest BCUT2D eigenvalue weighted by molar-refractivity contribution is -0.145. The Kier molecular flexibility index (Phi) is 4.38. The van der Waals surface area contributed by atoms with E-state index in [2.05, 4.69) is 4.74 Å². The summed E-state index contributed by atoms with van der Waals surface area (Å²) in [6.07, 6.45) is 0.902. The van der Waals surface area contributed by atoms with Crippen LogP contribution in [0.25, 0.3) is 0 Å². The van der Waals surface area contributed by atoms with Gasteiger partial charge in [-0.3, -0.25) is 5.41 Å². The summed E-state index contributed by atoms with van der Waals surface area (Å²) in [7, 11) is 2.65. The standard InChI is InChI=1S/C12H12FN3O2/c1-16(7-15)11(12(17)18-2)9-4-3-8(6-14)5-10(9)13/h3-5,7,11,15H,1-2H3. The quantitative estimate of drug-likeness (QED) is 0.497. The minimum absolute atomic E-state index is 0.0619. The van der Waals surface area contributed by atoms with Crippen molar-refractivity contribution in [3.8, 4) is 6.07 Å². The Bertz CT molecular complexity index is 511. The first kappa shape index (κ1) is 13.6. The Labute approximate surface area is 104 Å². The van der Waals surface area contributed by atoms with Gasteiger partial charge in [-0.15, -0.1) is 0 Å². The van der Waals surface area contributed by atoms with E-state index in [1.807, 2.05) is 0 Å². The van der Waals surface area contributed by atoms with Gasteiger partial charge in [0.2, 0.25) is 0 Å². The first-order valence-electron chi connectivity index (χ1n) is 5.05. The van der Waals surface area contributed by atoms with Gasteiger partial charge >= 0.3 is 5.97 Å². The first-order chi connectivity index (χ1) is 8.54. The molecule has 0 heterocycles. The van der Waals surface area contributed by atoms with E-state index in [1.54, 1.807) is 6.07 Å². The number of carbonyl (C=O) groups excluding carboxylic acids is 1. The van der Waals surface area contributed by atoms with Crippen molar-refractivity contribution < 1.29 is 13.9 Å². The SMILES string of the molecule is COC(=O)C(c1ccc(C#N)cc1F)N(C)C=N. The van der Waals surface area contributed by atoms with Gasteiger partial charge < -0.3 is 9.64 Å². The monoisotopic (exact) mass is 249 g/mol. The van der Waals surface area contributed by atoms with Gasteiger partial charge in [0.05, 0.1) is 25.1 Å². The zero-order chi connectivity index (χ0) is 13.7. The maximum atomic E-state index is 13.8. The number of benzene rings is 1. The van der Waals surface area contributed by atoms with E-state index in [0.717, 1.165) is 12.4 Å². The number of nitrogens with zero attached hydrogens (tertiary/aromatic N) is 2. The van der Waals surface area contributed by atoms with Crippen LogP contribution in [0, 0.1) is 22.6 Å². The molecule has 0 bridgehead atoms. The highest BCUT2D eigenvalue weighted by Gasteiger charge is 2.27. The summed E-state index contributed by atoms with van der Waals surface area (Å²) >= 11 is 0. The molecule has 1 aromatic rings. The van der Waals surface area contributed by atoms with E-state index in [0.29, 0.717) is 0 Å². The van der Waals surface area contributed by atoms with Crippen LogP contribution >= 0.6 is 0 Å². The number of ether oxygens (including phenoxy) is 1. The summed E-state index contributed by atoms with van der Waals surface area (Å²) in [5, 5.41) is 15.8. The number of nitrogens with one attached hydrogen (secondary N) is 1. The molecule has 6 heteroatoms. The zero-order valence-electron chi connectivity index (χ0n) is 9.98. The van der Waals surface area contributed by atoms with Gasteiger partial charge in [-0.2, -0.15) is 5.26 Å². The summed E-state index contributed by atoms with van der Waals surface area (Å²) in [6, 6.07) is 4.56. The van der Waals surface area contributed by atoms with Crippen LogP contribution in [0.5, 0.6) is 0 Å². The topological polar surface area (TPSA) is 77.2 Å². The Hall–Kier alpha value is -2.42. The van der Waals surface area contributed by atoms with E-state index in [1.165, 1.54) is 31.2 Å². The molecule has 0 aliphatic rings. The van der Waals surface area contributed by atoms with Crippen LogP contribution in [-0.2, 0) is 9.53 Å². The molecule has 0 aliphatic heterocycles. The summed E-state index contributed by atoms with van der Waals surface area (Å²) in [5.74, 6) is -1.36. The lowest BCUT2D eigenvalue weighted by atomic mass is 10.0. The van der Waals surface area contributed by atoms with Gasteiger partial charge in [-0.05, 0) is 12.1 Å². The third kappa shape index (κ3) is 2.63. The molecule has 94 valence electrons. The molecule has 18 heavy (non-hydrogen) atoms. The normalized spacial score (nSPS) is 11.2. The lowest BCUT2D eigenvalue weighted by Gasteiger charge is -2.24. The van der Waals surface area contributed by atoms with Gasteiger partial charge in [0.25, 0.3) is 0 Å². The fraction of sp³-hybridized carbons (Fsp3) is 0.250. The number of nitriles is 1. The molecule has 0 spiro atoms. The van der Waals surface area contributed by atoms with Crippen molar-refractivity contribution in [1.29, 1.82) is 10.7 Å². The highest BCUT2D eigenvalue weighted by atomic mass is 19.1. The minimum atomic E-state index is -1.04. The molecule has 1 rings (SSSR count). The van der Waals surface area contributed by atoms with Gasteiger partial charge in [0.1, 0.15) is 5.82 Å². The van der Waals surface area contributed by atoms with Crippen LogP contribution in [0.15, 0.2) is 18.2 Å². The second-order valence-corrected chi connectivity index (χ2v) is 3.57. The average Bonchev–Trinajstić information content (AvgIpc) is 2.39. The van der Waals surface area contributed by atoms with Crippen LogP contribution in [0.1, 0.15) is 17.2 Å². The molecule has 0 aliphatic carbocycles. The number of hydrogen-bond donors (Lipinski definition) is 1. The van der Waals surface area contributed by atoms with Crippen molar-refractivity contribution in [2.45, 2.75) is 6.04 Å². The number of likely N-dealkylation sites (N-methyl/N-ethyl adjacent to an activating group) is 1. The molecule has 0 radical (unpaired) electrons. The van der Waals surface area contributed by atoms with E-state index in [-0.39, 0.29) is 11.1 Å². The predicted molar refractivity (Wildman–Crippen MR) is 62.4 cm³/mol. The lowest BCUT2D eigenvalue weighted by Crippen LogP contribution is -2.31. The molecule has 5 nitrogen and oxygen atoms in total. The third-order valence-electron chi connectivity index (χ3n) is 2.46. The van der Waals surface area contributed by atoms with Crippen molar-refractivity contribution in [3.63, 3.8) is 0 Å². The van der Waals surface area contributed by atoms with Gasteiger partial charge in [0, 0.05) is 12.6 Å². The summed E-state index contributed by atoms with van der Waals surface area (Å²) in [4.78, 5) is 12.8. The Morgan fingerprint density at radius 2 is 2.33 bits per heavy atom. The number of halogens is 1. The van der Waals surface area contributed by atoms with E-state index in [4.69, 9.17) is 10.7 Å². The van der Waals surface area contributed by atoms with Crippen LogP contribution in [0.4, 0.5) is 4.39 Å². The smallest absolute Gasteiger partial charge is 0.333 e. The van der Waals surface area contributed by atoms with Crippen molar-refractivity contribution in [3.05, 3.63) is 35.1 Å². The maximum Gasteiger partial charge on any atom is 0.333 e. The number of esters is 1. The number of hydrogen-bond acceptors (Lipinski definition) is 4. The Morgan fingerprint density at radius 3 is 2.78 bits per heavy atom. The van der Waals surface area contributed by atoms with Crippen LogP contribution in [0.2, 0.25) is 0 Å². The third-order valence-corrected chi connectivity index (χ3v) is 2.46. The van der Waals surface area contributed by atoms with Crippen LogP contribution < -0.4 is 0 Å². The Morgan fingerprint density at radius 1 is 1.67 bits per heavy atom. The fourth-order valence-electron chi connectivity index (χ4n) is 1.52. The van der Waals surface area contributed by atoms with Crippen LogP contribution in [-0.4, -0.2) is 31.4 Å². The summed E-state index contributed by atoms with van der Waals surface area (Å²) in [6.45, 7) is 0. The molecule has 1 N–H and O–H groups in total. The van der Waals surface area contributed by atoms with E-state index >= 15 is 0 Å². The summed E-state index contributed by atoms with van der Waals surface area (Å²) < 4.78 is 18.4. The minimum Gasteiger partial charge on any atom is -0.467 e. The molecule has 1 unspecified atom stereocenters. The van der Waals surface area contributed by atoms with E-state index < -0.39 is 17.8 Å². The second kappa shape index (κ2) is 5.77. The van der Waals surface area contributed by atoms with Crippen molar-refractivity contribution >= 4 is 12.3 Å². The van der Waals surface area contributed by atoms with Gasteiger partial charge in [0.15, 0.2) is 6.04 Å². The number of methoxy groups -OCH3 is 1. The average molecular weight is 249 g/mol. The number of rotatable bonds is 4. The molecule has 0 saturated heterocycles. The second-order valence-electron chi connectivity index (χ2n) is 3.57. The molecule has 1 atom stereocenters. The molecule has 0 fully saturated rings. The fourth-order valence-corrected chi connectivity index (χ4v) is 1.52. The largest absolute Gasteiger partial charge is 0.467 e. The zero-order valence-corrected chi connectivity index (χ0v) is 9.98. The number of carbonyl (C=O) groups is 1. The molecule has 0 amide bonds. The Balaban J connectivity index is 3.26. The maximum absolute atomic E-state index is 13.8. The van der Waals surface area contributed by atoms with Crippen molar-refractivity contribution in [2.24, 2.45) is 0 Å². The molecular weight excluding hydrogens is 237 g/mol.